The molecule has 0 spiro atoms. The standard InChI is InChI=1S/C13H21FN2O/c1-3-4-16(5-6-17)13-8-11(10-15-2)7-12(14)9-13/h7-9,15,17H,3-6,10H2,1-2H3. The zero-order valence-electron chi connectivity index (χ0n) is 10.5. The smallest absolute Gasteiger partial charge is 0.125 e. The van der Waals surface area contributed by atoms with Crippen LogP contribution in [0.3, 0.4) is 0 Å². The third-order valence-corrected chi connectivity index (χ3v) is 2.55. The van der Waals surface area contributed by atoms with Gasteiger partial charge in [-0.1, -0.05) is 6.92 Å². The summed E-state index contributed by atoms with van der Waals surface area (Å²) in [5.74, 6) is -0.230. The van der Waals surface area contributed by atoms with Crippen molar-refractivity contribution >= 4 is 5.69 Å². The predicted molar refractivity (Wildman–Crippen MR) is 68.8 cm³/mol. The Bertz CT molecular complexity index is 338. The molecule has 0 saturated heterocycles. The number of nitrogens with one attached hydrogen (secondary N) is 1. The fourth-order valence-electron chi connectivity index (χ4n) is 1.88. The number of nitrogens with zero attached hydrogens (tertiary/aromatic N) is 1. The van der Waals surface area contributed by atoms with Crippen molar-refractivity contribution in [1.29, 1.82) is 0 Å². The highest BCUT2D eigenvalue weighted by molar-refractivity contribution is 5.49. The molecule has 3 nitrogen and oxygen atoms in total. The van der Waals surface area contributed by atoms with Crippen LogP contribution in [0.1, 0.15) is 18.9 Å². The normalized spacial score (nSPS) is 10.6. The van der Waals surface area contributed by atoms with Gasteiger partial charge < -0.3 is 15.3 Å². The average molecular weight is 240 g/mol. The number of aliphatic hydroxyl groups excluding tert-OH is 1. The van der Waals surface area contributed by atoms with Gasteiger partial charge >= 0.3 is 0 Å². The monoisotopic (exact) mass is 240 g/mol. The summed E-state index contributed by atoms with van der Waals surface area (Å²) in [6, 6.07) is 5.01. The fourth-order valence-corrected chi connectivity index (χ4v) is 1.88. The highest BCUT2D eigenvalue weighted by Crippen LogP contribution is 2.19. The minimum Gasteiger partial charge on any atom is -0.395 e. The van der Waals surface area contributed by atoms with Gasteiger partial charge in [-0.25, -0.2) is 4.39 Å². The van der Waals surface area contributed by atoms with Gasteiger partial charge in [0.05, 0.1) is 6.61 Å². The Morgan fingerprint density at radius 1 is 1.29 bits per heavy atom. The second kappa shape index (κ2) is 7.25. The molecule has 0 aliphatic carbocycles. The number of hydrogen-bond donors (Lipinski definition) is 2. The Morgan fingerprint density at radius 3 is 2.65 bits per heavy atom. The van der Waals surface area contributed by atoms with E-state index in [9.17, 15) is 4.39 Å². The molecule has 1 aromatic rings. The third kappa shape index (κ3) is 4.32. The predicted octanol–water partition coefficient (Wildman–Crippen LogP) is 1.75. The first-order valence-electron chi connectivity index (χ1n) is 6.01. The molecular formula is C13H21FN2O. The van der Waals surface area contributed by atoms with Crippen LogP contribution in [-0.4, -0.2) is 31.9 Å². The Morgan fingerprint density at radius 2 is 2.06 bits per heavy atom. The van der Waals surface area contributed by atoms with E-state index in [1.54, 1.807) is 0 Å². The topological polar surface area (TPSA) is 35.5 Å². The first-order valence-corrected chi connectivity index (χ1v) is 6.01. The molecule has 0 aliphatic rings. The first kappa shape index (κ1) is 13.9. The van der Waals surface area contributed by atoms with E-state index >= 15 is 0 Å². The molecule has 96 valence electrons. The van der Waals surface area contributed by atoms with Crippen LogP contribution in [0.15, 0.2) is 18.2 Å². The van der Waals surface area contributed by atoms with Crippen molar-refractivity contribution in [2.24, 2.45) is 0 Å². The summed E-state index contributed by atoms with van der Waals surface area (Å²) in [4.78, 5) is 2.00. The number of rotatable bonds is 7. The van der Waals surface area contributed by atoms with Gasteiger partial charge in [-0.3, -0.25) is 0 Å². The maximum atomic E-state index is 13.5. The maximum Gasteiger partial charge on any atom is 0.125 e. The van der Waals surface area contributed by atoms with Gasteiger partial charge in [-0.15, -0.1) is 0 Å². The largest absolute Gasteiger partial charge is 0.395 e. The molecule has 0 atom stereocenters. The van der Waals surface area contributed by atoms with Crippen molar-refractivity contribution < 1.29 is 9.50 Å². The van der Waals surface area contributed by atoms with Gasteiger partial charge in [0.1, 0.15) is 5.82 Å². The van der Waals surface area contributed by atoms with Gasteiger partial charge in [-0.05, 0) is 37.2 Å². The van der Waals surface area contributed by atoms with E-state index in [1.165, 1.54) is 12.1 Å². The van der Waals surface area contributed by atoms with Crippen molar-refractivity contribution in [1.82, 2.24) is 5.32 Å². The molecule has 0 radical (unpaired) electrons. The summed E-state index contributed by atoms with van der Waals surface area (Å²) >= 11 is 0. The third-order valence-electron chi connectivity index (χ3n) is 2.55. The van der Waals surface area contributed by atoms with Crippen LogP contribution in [0, 0.1) is 5.82 Å². The van der Waals surface area contributed by atoms with Gasteiger partial charge in [0.2, 0.25) is 0 Å². The Labute approximate surface area is 102 Å². The van der Waals surface area contributed by atoms with Gasteiger partial charge in [0.15, 0.2) is 0 Å². The van der Waals surface area contributed by atoms with E-state index in [1.807, 2.05) is 18.0 Å². The molecule has 0 saturated carbocycles. The second-order valence-corrected chi connectivity index (χ2v) is 4.06. The fraction of sp³-hybridized carbons (Fsp3) is 0.538. The zero-order valence-corrected chi connectivity index (χ0v) is 10.5. The molecule has 17 heavy (non-hydrogen) atoms. The molecular weight excluding hydrogens is 219 g/mol. The van der Waals surface area contributed by atoms with E-state index in [4.69, 9.17) is 5.11 Å². The van der Waals surface area contributed by atoms with Gasteiger partial charge in [0, 0.05) is 25.3 Å². The number of hydrogen-bond acceptors (Lipinski definition) is 3. The summed E-state index contributed by atoms with van der Waals surface area (Å²) < 4.78 is 13.5. The van der Waals surface area contributed by atoms with Gasteiger partial charge in [0.25, 0.3) is 0 Å². The lowest BCUT2D eigenvalue weighted by molar-refractivity contribution is 0.302. The van der Waals surface area contributed by atoms with E-state index in [0.29, 0.717) is 13.1 Å². The zero-order chi connectivity index (χ0) is 12.7. The Hall–Kier alpha value is -1.13. The maximum absolute atomic E-state index is 13.5. The van der Waals surface area contributed by atoms with Crippen LogP contribution in [0.5, 0.6) is 0 Å². The SMILES string of the molecule is CCCN(CCO)c1cc(F)cc(CNC)c1. The number of anilines is 1. The summed E-state index contributed by atoms with van der Waals surface area (Å²) in [5, 5.41) is 12.0. The molecule has 0 fully saturated rings. The molecule has 0 bridgehead atoms. The number of halogens is 1. The Balaban J connectivity index is 2.92. The van der Waals surface area contributed by atoms with Crippen LogP contribution in [-0.2, 0) is 6.54 Å². The van der Waals surface area contributed by atoms with E-state index in [0.717, 1.165) is 24.2 Å². The van der Waals surface area contributed by atoms with Crippen LogP contribution >= 0.6 is 0 Å². The van der Waals surface area contributed by atoms with Gasteiger partial charge in [-0.2, -0.15) is 0 Å². The van der Waals surface area contributed by atoms with Crippen LogP contribution in [0.25, 0.3) is 0 Å². The average Bonchev–Trinajstić information content (AvgIpc) is 2.28. The lowest BCUT2D eigenvalue weighted by Crippen LogP contribution is -2.27. The first-order chi connectivity index (χ1) is 8.21. The summed E-state index contributed by atoms with van der Waals surface area (Å²) in [7, 11) is 1.84. The highest BCUT2D eigenvalue weighted by Gasteiger charge is 2.07. The molecule has 1 rings (SSSR count). The van der Waals surface area contributed by atoms with Crippen LogP contribution in [0.2, 0.25) is 0 Å². The molecule has 4 heteroatoms. The van der Waals surface area contributed by atoms with Crippen molar-refractivity contribution in [3.8, 4) is 0 Å². The minimum atomic E-state index is -0.230. The number of benzene rings is 1. The van der Waals surface area contributed by atoms with E-state index < -0.39 is 0 Å². The molecule has 0 heterocycles. The molecule has 2 N–H and O–H groups in total. The summed E-state index contributed by atoms with van der Waals surface area (Å²) in [5.41, 5.74) is 1.76. The van der Waals surface area contributed by atoms with Crippen molar-refractivity contribution in [2.75, 3.05) is 31.6 Å². The molecule has 0 aliphatic heterocycles. The summed E-state index contributed by atoms with van der Waals surface area (Å²) in [6.45, 7) is 4.15. The van der Waals surface area contributed by atoms with Crippen molar-refractivity contribution in [3.63, 3.8) is 0 Å². The van der Waals surface area contributed by atoms with Crippen molar-refractivity contribution in [3.05, 3.63) is 29.6 Å². The lowest BCUT2D eigenvalue weighted by Gasteiger charge is -2.24. The highest BCUT2D eigenvalue weighted by atomic mass is 19.1. The van der Waals surface area contributed by atoms with E-state index in [-0.39, 0.29) is 12.4 Å². The van der Waals surface area contributed by atoms with E-state index in [2.05, 4.69) is 12.2 Å². The van der Waals surface area contributed by atoms with Crippen molar-refractivity contribution in [2.45, 2.75) is 19.9 Å². The second-order valence-electron chi connectivity index (χ2n) is 4.06. The quantitative estimate of drug-likeness (QED) is 0.762. The summed E-state index contributed by atoms with van der Waals surface area (Å²) in [6.07, 6.45) is 0.970. The lowest BCUT2D eigenvalue weighted by atomic mass is 10.1. The molecule has 0 amide bonds. The molecule has 0 unspecified atom stereocenters. The van der Waals surface area contributed by atoms with Crippen LogP contribution < -0.4 is 10.2 Å². The minimum absolute atomic E-state index is 0.0812. The molecule has 0 aromatic heterocycles. The Kier molecular flexibility index (Phi) is 5.94. The molecule has 1 aromatic carbocycles. The van der Waals surface area contributed by atoms with Crippen LogP contribution in [0.4, 0.5) is 10.1 Å². The number of aliphatic hydroxyl groups is 1.